The molecule has 1 aliphatic carbocycles. The third-order valence-electron chi connectivity index (χ3n) is 3.31. The fourth-order valence-electron chi connectivity index (χ4n) is 2.61. The van der Waals surface area contributed by atoms with E-state index < -0.39 is 0 Å². The number of likely N-dealkylation sites (tertiary alicyclic amines) is 1. The van der Waals surface area contributed by atoms with E-state index in [1.807, 2.05) is 0 Å². The summed E-state index contributed by atoms with van der Waals surface area (Å²) in [6.07, 6.45) is 3.66. The van der Waals surface area contributed by atoms with Crippen LogP contribution in [0.25, 0.3) is 0 Å². The van der Waals surface area contributed by atoms with Gasteiger partial charge in [0.2, 0.25) is 11.8 Å². The van der Waals surface area contributed by atoms with Crippen molar-refractivity contribution in [1.82, 2.24) is 4.90 Å². The minimum atomic E-state index is -0.134. The topological polar surface area (TPSA) is 54.5 Å². The first-order valence-electron chi connectivity index (χ1n) is 5.46. The highest BCUT2D eigenvalue weighted by atomic mass is 16.2. The molecule has 2 atom stereocenters. The van der Waals surface area contributed by atoms with E-state index in [1.54, 1.807) is 0 Å². The summed E-state index contributed by atoms with van der Waals surface area (Å²) < 4.78 is 0. The molecular weight excluding hydrogens is 194 g/mol. The molecule has 0 aromatic carbocycles. The maximum Gasteiger partial charge on any atom is 0.233 e. The molecular formula is C11H15NO3. The Balaban J connectivity index is 2.17. The van der Waals surface area contributed by atoms with Crippen LogP contribution in [-0.2, 0) is 14.4 Å². The number of hydrogen-bond donors (Lipinski definition) is 0. The molecule has 2 amide bonds. The van der Waals surface area contributed by atoms with Crippen LogP contribution < -0.4 is 0 Å². The number of Topliss-reactive ketones (excluding diaryl/α,β-unsaturated/α-hetero) is 1. The van der Waals surface area contributed by atoms with E-state index in [0.717, 1.165) is 30.6 Å². The Hall–Kier alpha value is -1.19. The highest BCUT2D eigenvalue weighted by Crippen LogP contribution is 2.37. The maximum atomic E-state index is 11.8. The first-order valence-corrected chi connectivity index (χ1v) is 5.46. The summed E-state index contributed by atoms with van der Waals surface area (Å²) in [5.74, 6) is -0.647. The molecule has 2 fully saturated rings. The van der Waals surface area contributed by atoms with Gasteiger partial charge < -0.3 is 0 Å². The first kappa shape index (κ1) is 10.3. The molecule has 1 saturated carbocycles. The van der Waals surface area contributed by atoms with Crippen molar-refractivity contribution in [2.24, 2.45) is 11.8 Å². The van der Waals surface area contributed by atoms with Crippen LogP contribution >= 0.6 is 0 Å². The monoisotopic (exact) mass is 209 g/mol. The summed E-state index contributed by atoms with van der Waals surface area (Å²) in [7, 11) is 0. The third kappa shape index (κ3) is 1.68. The predicted octanol–water partition coefficient (Wildman–Crippen LogP) is 0.751. The molecule has 15 heavy (non-hydrogen) atoms. The highest BCUT2D eigenvalue weighted by Gasteiger charge is 2.48. The summed E-state index contributed by atoms with van der Waals surface area (Å²) in [6, 6.07) is 0. The Morgan fingerprint density at radius 1 is 1.20 bits per heavy atom. The molecule has 0 N–H and O–H groups in total. The van der Waals surface area contributed by atoms with Crippen LogP contribution in [0.4, 0.5) is 0 Å². The second-order valence-corrected chi connectivity index (χ2v) is 4.46. The largest absolute Gasteiger partial charge is 0.298 e. The molecule has 1 saturated heterocycles. The van der Waals surface area contributed by atoms with Gasteiger partial charge in [0.25, 0.3) is 0 Å². The van der Waals surface area contributed by atoms with Gasteiger partial charge in [-0.2, -0.15) is 0 Å². The third-order valence-corrected chi connectivity index (χ3v) is 3.31. The highest BCUT2D eigenvalue weighted by molar-refractivity contribution is 6.07. The lowest BCUT2D eigenvalue weighted by Crippen LogP contribution is -2.35. The lowest BCUT2D eigenvalue weighted by molar-refractivity contribution is -0.142. The Kier molecular flexibility index (Phi) is 2.59. The van der Waals surface area contributed by atoms with E-state index in [1.165, 1.54) is 6.92 Å². The van der Waals surface area contributed by atoms with Gasteiger partial charge in [-0.25, -0.2) is 0 Å². The van der Waals surface area contributed by atoms with E-state index in [4.69, 9.17) is 0 Å². The molecule has 1 aliphatic heterocycles. The average molecular weight is 209 g/mol. The number of nitrogens with zero attached hydrogens (tertiary/aromatic N) is 1. The molecule has 0 radical (unpaired) electrons. The fourth-order valence-corrected chi connectivity index (χ4v) is 2.61. The molecule has 2 aliphatic rings. The number of amides is 2. The van der Waals surface area contributed by atoms with Crippen LogP contribution in [0.15, 0.2) is 0 Å². The number of carbonyl (C=O) groups is 3. The van der Waals surface area contributed by atoms with Crippen LogP contribution in [0.2, 0.25) is 0 Å². The van der Waals surface area contributed by atoms with Crippen LogP contribution in [-0.4, -0.2) is 29.0 Å². The molecule has 1 heterocycles. The van der Waals surface area contributed by atoms with Crippen LogP contribution in [0.1, 0.15) is 32.6 Å². The molecule has 2 unspecified atom stereocenters. The summed E-state index contributed by atoms with van der Waals surface area (Å²) in [4.78, 5) is 35.8. The predicted molar refractivity (Wildman–Crippen MR) is 52.8 cm³/mol. The number of hydrogen-bond acceptors (Lipinski definition) is 3. The van der Waals surface area contributed by atoms with Crippen molar-refractivity contribution in [3.63, 3.8) is 0 Å². The number of ketones is 1. The van der Waals surface area contributed by atoms with E-state index >= 15 is 0 Å². The molecule has 2 rings (SSSR count). The van der Waals surface area contributed by atoms with E-state index in [0.29, 0.717) is 0 Å². The van der Waals surface area contributed by atoms with Crippen LogP contribution in [0.3, 0.4) is 0 Å². The Bertz CT molecular complexity index is 300. The molecule has 0 aromatic rings. The van der Waals surface area contributed by atoms with Crippen LogP contribution in [0.5, 0.6) is 0 Å². The van der Waals surface area contributed by atoms with E-state index in [-0.39, 0.29) is 36.0 Å². The molecule has 0 spiro atoms. The summed E-state index contributed by atoms with van der Waals surface area (Å²) in [5, 5.41) is 0. The van der Waals surface area contributed by atoms with Gasteiger partial charge in [0.05, 0.1) is 18.4 Å². The second kappa shape index (κ2) is 3.76. The quantitative estimate of drug-likeness (QED) is 0.631. The van der Waals surface area contributed by atoms with Crippen molar-refractivity contribution in [2.75, 3.05) is 6.54 Å². The van der Waals surface area contributed by atoms with Gasteiger partial charge in [-0.05, 0) is 19.8 Å². The van der Waals surface area contributed by atoms with Gasteiger partial charge in [-0.1, -0.05) is 12.8 Å². The molecule has 0 bridgehead atoms. The van der Waals surface area contributed by atoms with Gasteiger partial charge >= 0.3 is 0 Å². The van der Waals surface area contributed by atoms with Crippen molar-refractivity contribution in [1.29, 1.82) is 0 Å². The van der Waals surface area contributed by atoms with Gasteiger partial charge in [-0.3, -0.25) is 19.3 Å². The van der Waals surface area contributed by atoms with E-state index in [2.05, 4.69) is 0 Å². The summed E-state index contributed by atoms with van der Waals surface area (Å²) in [6.45, 7) is 1.37. The zero-order valence-electron chi connectivity index (χ0n) is 8.86. The number of imide groups is 1. The van der Waals surface area contributed by atoms with Crippen molar-refractivity contribution in [2.45, 2.75) is 32.6 Å². The summed E-state index contributed by atoms with van der Waals surface area (Å²) in [5.41, 5.74) is 0. The van der Waals surface area contributed by atoms with Gasteiger partial charge in [-0.15, -0.1) is 0 Å². The zero-order valence-corrected chi connectivity index (χ0v) is 8.86. The standard InChI is InChI=1S/C11H15NO3/c1-7(13)6-12-10(14)8-4-2-3-5-9(8)11(12)15/h8-9H,2-6H2,1H3. The number of rotatable bonds is 2. The van der Waals surface area contributed by atoms with Crippen LogP contribution in [0, 0.1) is 11.8 Å². The van der Waals surface area contributed by atoms with Crippen molar-refractivity contribution in [3.05, 3.63) is 0 Å². The molecule has 82 valence electrons. The lowest BCUT2D eigenvalue weighted by atomic mass is 9.81. The average Bonchev–Trinajstić information content (AvgIpc) is 2.44. The summed E-state index contributed by atoms with van der Waals surface area (Å²) >= 11 is 0. The van der Waals surface area contributed by atoms with Gasteiger partial charge in [0.15, 0.2) is 0 Å². The smallest absolute Gasteiger partial charge is 0.233 e. The Labute approximate surface area is 88.6 Å². The fraction of sp³-hybridized carbons (Fsp3) is 0.727. The van der Waals surface area contributed by atoms with Gasteiger partial charge in [0, 0.05) is 0 Å². The van der Waals surface area contributed by atoms with Crippen molar-refractivity contribution in [3.8, 4) is 0 Å². The van der Waals surface area contributed by atoms with Crippen molar-refractivity contribution >= 4 is 17.6 Å². The molecule has 4 heteroatoms. The Morgan fingerprint density at radius 2 is 1.67 bits per heavy atom. The maximum absolute atomic E-state index is 11.8. The Morgan fingerprint density at radius 3 is 2.07 bits per heavy atom. The second-order valence-electron chi connectivity index (χ2n) is 4.46. The van der Waals surface area contributed by atoms with E-state index in [9.17, 15) is 14.4 Å². The minimum Gasteiger partial charge on any atom is -0.298 e. The molecule has 0 aromatic heterocycles. The lowest BCUT2D eigenvalue weighted by Gasteiger charge is -2.19. The minimum absolute atomic E-state index is 0.0370. The molecule has 4 nitrogen and oxygen atoms in total. The SMILES string of the molecule is CC(=O)CN1C(=O)C2CCCCC2C1=O. The van der Waals surface area contributed by atoms with Crippen molar-refractivity contribution < 1.29 is 14.4 Å². The normalized spacial score (nSPS) is 30.6. The number of fused-ring (bicyclic) bond motifs is 1. The number of carbonyl (C=O) groups excluding carboxylic acids is 3. The zero-order chi connectivity index (χ0) is 11.0. The first-order chi connectivity index (χ1) is 7.11. The van der Waals surface area contributed by atoms with Gasteiger partial charge in [0.1, 0.15) is 5.78 Å².